The van der Waals surface area contributed by atoms with Gasteiger partial charge in [-0.1, -0.05) is 18.2 Å². The highest BCUT2D eigenvalue weighted by Gasteiger charge is 2.22. The van der Waals surface area contributed by atoms with Crippen LogP contribution in [0.25, 0.3) is 0 Å². The van der Waals surface area contributed by atoms with E-state index < -0.39 is 0 Å². The molecule has 2 aromatic rings. The van der Waals surface area contributed by atoms with E-state index in [-0.39, 0.29) is 11.9 Å². The van der Waals surface area contributed by atoms with E-state index in [2.05, 4.69) is 15.2 Å². The zero-order valence-electron chi connectivity index (χ0n) is 13.3. The average Bonchev–Trinajstić information content (AvgIpc) is 2.95. The molecule has 1 aliphatic rings. The van der Waals surface area contributed by atoms with E-state index in [0.29, 0.717) is 5.13 Å². The zero-order chi connectivity index (χ0) is 16.2. The molecular weight excluding hydrogens is 308 g/mol. The fourth-order valence-corrected chi connectivity index (χ4v) is 3.67. The van der Waals surface area contributed by atoms with Crippen molar-refractivity contribution in [3.8, 4) is 0 Å². The molecule has 1 fully saturated rings. The molecule has 1 amide bonds. The summed E-state index contributed by atoms with van der Waals surface area (Å²) in [5.74, 6) is 0.0387. The molecule has 1 aliphatic heterocycles. The number of nitrogen functional groups attached to an aromatic ring is 1. The Morgan fingerprint density at radius 2 is 2.13 bits per heavy atom. The van der Waals surface area contributed by atoms with Crippen LogP contribution in [0.4, 0.5) is 5.13 Å². The third-order valence-electron chi connectivity index (χ3n) is 4.26. The number of carbonyl (C=O) groups excluding carboxylic acids is 1. The number of nitrogens with one attached hydrogen (secondary N) is 1. The van der Waals surface area contributed by atoms with E-state index in [1.54, 1.807) is 11.3 Å². The van der Waals surface area contributed by atoms with Crippen LogP contribution in [-0.2, 0) is 6.54 Å². The van der Waals surface area contributed by atoms with Gasteiger partial charge < -0.3 is 11.1 Å². The number of aromatic nitrogens is 1. The molecule has 0 unspecified atom stereocenters. The lowest BCUT2D eigenvalue weighted by Crippen LogP contribution is -2.44. The van der Waals surface area contributed by atoms with E-state index in [1.165, 1.54) is 4.88 Å². The number of rotatable bonds is 4. The molecule has 0 atom stereocenters. The van der Waals surface area contributed by atoms with Gasteiger partial charge in [0.15, 0.2) is 5.13 Å². The smallest absolute Gasteiger partial charge is 0.251 e. The third-order valence-corrected chi connectivity index (χ3v) is 5.07. The molecule has 0 spiro atoms. The van der Waals surface area contributed by atoms with Crippen LogP contribution in [0.3, 0.4) is 0 Å². The first-order valence-electron chi connectivity index (χ1n) is 7.91. The summed E-state index contributed by atoms with van der Waals surface area (Å²) in [6.45, 7) is 4.83. The van der Waals surface area contributed by atoms with Gasteiger partial charge in [0.05, 0.1) is 0 Å². The molecule has 1 aromatic heterocycles. The maximum absolute atomic E-state index is 12.4. The number of benzene rings is 1. The van der Waals surface area contributed by atoms with E-state index in [4.69, 9.17) is 5.73 Å². The van der Waals surface area contributed by atoms with Gasteiger partial charge in [-0.15, -0.1) is 11.3 Å². The highest BCUT2D eigenvalue weighted by atomic mass is 32.1. The summed E-state index contributed by atoms with van der Waals surface area (Å²) in [6.07, 6.45) is 3.81. The van der Waals surface area contributed by atoms with Crippen molar-refractivity contribution in [2.24, 2.45) is 0 Å². The molecular formula is C17H22N4OS. The maximum Gasteiger partial charge on any atom is 0.251 e. The standard InChI is InChI=1S/C17H22N4OS/c1-12-4-2-3-5-15(12)16(22)20-13-6-8-21(9-7-13)11-14-10-19-17(18)23-14/h2-5,10,13H,6-9,11H2,1H3,(H2,18,19)(H,20,22). The number of hydrogen-bond acceptors (Lipinski definition) is 5. The van der Waals surface area contributed by atoms with E-state index in [0.717, 1.165) is 43.6 Å². The zero-order valence-corrected chi connectivity index (χ0v) is 14.1. The number of nitrogens with zero attached hydrogens (tertiary/aromatic N) is 2. The second-order valence-electron chi connectivity index (χ2n) is 6.00. The topological polar surface area (TPSA) is 71.2 Å². The largest absolute Gasteiger partial charge is 0.375 e. The van der Waals surface area contributed by atoms with Gasteiger partial charge in [0, 0.05) is 42.3 Å². The van der Waals surface area contributed by atoms with Crippen molar-refractivity contribution in [3.05, 3.63) is 46.5 Å². The minimum absolute atomic E-state index is 0.0387. The van der Waals surface area contributed by atoms with Crippen LogP contribution < -0.4 is 11.1 Å². The number of hydrogen-bond donors (Lipinski definition) is 2. The summed E-state index contributed by atoms with van der Waals surface area (Å²) in [7, 11) is 0. The third kappa shape index (κ3) is 4.09. The lowest BCUT2D eigenvalue weighted by Gasteiger charge is -2.32. The average molecular weight is 330 g/mol. The van der Waals surface area contributed by atoms with Crippen molar-refractivity contribution >= 4 is 22.4 Å². The Morgan fingerprint density at radius 1 is 1.39 bits per heavy atom. The summed E-state index contributed by atoms with van der Waals surface area (Å²) in [5, 5.41) is 3.79. The summed E-state index contributed by atoms with van der Waals surface area (Å²) < 4.78 is 0. The number of carbonyl (C=O) groups is 1. The van der Waals surface area contributed by atoms with Crippen LogP contribution >= 0.6 is 11.3 Å². The fourth-order valence-electron chi connectivity index (χ4n) is 2.94. The van der Waals surface area contributed by atoms with Crippen molar-refractivity contribution in [1.82, 2.24) is 15.2 Å². The first kappa shape index (κ1) is 16.0. The van der Waals surface area contributed by atoms with Crippen LogP contribution in [-0.4, -0.2) is 34.9 Å². The Bertz CT molecular complexity index is 677. The Hall–Kier alpha value is -1.92. The highest BCUT2D eigenvalue weighted by Crippen LogP contribution is 2.19. The Labute approximate surface area is 140 Å². The van der Waals surface area contributed by atoms with Gasteiger partial charge in [-0.2, -0.15) is 0 Å². The number of anilines is 1. The van der Waals surface area contributed by atoms with E-state index >= 15 is 0 Å². The summed E-state index contributed by atoms with van der Waals surface area (Å²) in [6, 6.07) is 7.97. The molecule has 3 rings (SSSR count). The molecule has 0 bridgehead atoms. The second-order valence-corrected chi connectivity index (χ2v) is 7.15. The molecule has 0 aliphatic carbocycles. The van der Waals surface area contributed by atoms with Crippen LogP contribution in [0.5, 0.6) is 0 Å². The maximum atomic E-state index is 12.4. The summed E-state index contributed by atoms with van der Waals surface area (Å²) >= 11 is 1.55. The van der Waals surface area contributed by atoms with Gasteiger partial charge in [0.25, 0.3) is 5.91 Å². The summed E-state index contributed by atoms with van der Waals surface area (Å²) in [5.41, 5.74) is 7.46. The summed E-state index contributed by atoms with van der Waals surface area (Å²) in [4.78, 5) is 20.0. The second kappa shape index (κ2) is 7.10. The molecule has 3 N–H and O–H groups in total. The van der Waals surface area contributed by atoms with Crippen molar-refractivity contribution in [3.63, 3.8) is 0 Å². The Balaban J connectivity index is 1.49. The monoisotopic (exact) mass is 330 g/mol. The molecule has 5 nitrogen and oxygen atoms in total. The fraction of sp³-hybridized carbons (Fsp3) is 0.412. The molecule has 6 heteroatoms. The first-order valence-corrected chi connectivity index (χ1v) is 8.72. The number of thiazole rings is 1. The molecule has 0 saturated carbocycles. The van der Waals surface area contributed by atoms with Gasteiger partial charge in [0.2, 0.25) is 0 Å². The quantitative estimate of drug-likeness (QED) is 0.903. The van der Waals surface area contributed by atoms with Crippen molar-refractivity contribution in [2.75, 3.05) is 18.8 Å². The molecule has 1 saturated heterocycles. The van der Waals surface area contributed by atoms with Crippen molar-refractivity contribution in [2.45, 2.75) is 32.4 Å². The van der Waals surface area contributed by atoms with Crippen LogP contribution in [0.15, 0.2) is 30.5 Å². The normalized spacial score (nSPS) is 16.4. The highest BCUT2D eigenvalue weighted by molar-refractivity contribution is 7.15. The van der Waals surface area contributed by atoms with Gasteiger partial charge in [-0.25, -0.2) is 4.98 Å². The number of aryl methyl sites for hydroxylation is 1. The molecule has 23 heavy (non-hydrogen) atoms. The molecule has 2 heterocycles. The van der Waals surface area contributed by atoms with Gasteiger partial charge in [-0.05, 0) is 31.4 Å². The number of nitrogens with two attached hydrogens (primary N) is 1. The van der Waals surface area contributed by atoms with Gasteiger partial charge in [-0.3, -0.25) is 9.69 Å². The molecule has 1 aromatic carbocycles. The molecule has 0 radical (unpaired) electrons. The molecule has 122 valence electrons. The van der Waals surface area contributed by atoms with Crippen molar-refractivity contribution < 1.29 is 4.79 Å². The lowest BCUT2D eigenvalue weighted by atomic mass is 10.0. The number of likely N-dealkylation sites (tertiary alicyclic amines) is 1. The number of amides is 1. The Morgan fingerprint density at radius 3 is 2.78 bits per heavy atom. The van der Waals surface area contributed by atoms with Gasteiger partial charge in [0.1, 0.15) is 0 Å². The predicted molar refractivity (Wildman–Crippen MR) is 93.5 cm³/mol. The van der Waals surface area contributed by atoms with Crippen LogP contribution in [0, 0.1) is 6.92 Å². The first-order chi connectivity index (χ1) is 11.1. The SMILES string of the molecule is Cc1ccccc1C(=O)NC1CCN(Cc2cnc(N)s2)CC1. The predicted octanol–water partition coefficient (Wildman–Crippen LogP) is 2.43. The van der Waals surface area contributed by atoms with E-state index in [1.807, 2.05) is 37.4 Å². The van der Waals surface area contributed by atoms with Crippen molar-refractivity contribution in [1.29, 1.82) is 0 Å². The Kier molecular flexibility index (Phi) is 4.93. The van der Waals surface area contributed by atoms with Crippen LogP contribution in [0.2, 0.25) is 0 Å². The van der Waals surface area contributed by atoms with Gasteiger partial charge >= 0.3 is 0 Å². The minimum atomic E-state index is 0.0387. The number of piperidine rings is 1. The van der Waals surface area contributed by atoms with E-state index in [9.17, 15) is 4.79 Å². The van der Waals surface area contributed by atoms with Crippen LogP contribution in [0.1, 0.15) is 33.6 Å². The minimum Gasteiger partial charge on any atom is -0.375 e. The lowest BCUT2D eigenvalue weighted by molar-refractivity contribution is 0.0908.